The molecule has 0 aromatic rings. The van der Waals surface area contributed by atoms with E-state index in [0.29, 0.717) is 6.10 Å². The van der Waals surface area contributed by atoms with Gasteiger partial charge in [-0.15, -0.1) is 6.58 Å². The molecule has 0 aliphatic heterocycles. The molecule has 0 saturated heterocycles. The lowest BCUT2D eigenvalue weighted by atomic mass is 10.1. The van der Waals surface area contributed by atoms with E-state index in [0.717, 1.165) is 25.9 Å². The highest BCUT2D eigenvalue weighted by molar-refractivity contribution is 7.26. The van der Waals surface area contributed by atoms with Crippen molar-refractivity contribution in [3.63, 3.8) is 0 Å². The van der Waals surface area contributed by atoms with Gasteiger partial charge in [-0.2, -0.15) is 0 Å². The number of hydrogen-bond donors (Lipinski definition) is 0. The molecule has 108 valence electrons. The third-order valence-corrected chi connectivity index (χ3v) is 3.69. The fourth-order valence-corrected chi connectivity index (χ4v) is 2.42. The van der Waals surface area contributed by atoms with Gasteiger partial charge in [0.2, 0.25) is 0 Å². The smallest absolute Gasteiger partial charge is 0.155 e. The summed E-state index contributed by atoms with van der Waals surface area (Å²) in [5.41, 5.74) is 0. The largest absolute Gasteiger partial charge is 0.336 e. The van der Waals surface area contributed by atoms with E-state index in [1.165, 1.54) is 38.5 Å². The zero-order valence-corrected chi connectivity index (χ0v) is 13.2. The first-order valence-corrected chi connectivity index (χ1v) is 8.30. The quantitative estimate of drug-likeness (QED) is 0.232. The molecule has 0 fully saturated rings. The Kier molecular flexibility index (Phi) is 15.2. The highest BCUT2D eigenvalue weighted by Crippen LogP contribution is 2.23. The van der Waals surface area contributed by atoms with Gasteiger partial charge in [0.05, 0.1) is 12.7 Å². The lowest BCUT2D eigenvalue weighted by Crippen LogP contribution is -2.08. The van der Waals surface area contributed by atoms with Crippen molar-refractivity contribution in [1.29, 1.82) is 0 Å². The molecule has 0 bridgehead atoms. The van der Waals surface area contributed by atoms with E-state index < -0.39 is 0 Å². The van der Waals surface area contributed by atoms with Crippen molar-refractivity contribution in [2.45, 2.75) is 77.7 Å². The average Bonchev–Trinajstić information content (AvgIpc) is 2.39. The predicted molar refractivity (Wildman–Crippen MR) is 82.2 cm³/mol. The Morgan fingerprint density at radius 1 is 1.06 bits per heavy atom. The van der Waals surface area contributed by atoms with Crippen molar-refractivity contribution in [3.8, 4) is 0 Å². The van der Waals surface area contributed by atoms with Gasteiger partial charge >= 0.3 is 0 Å². The third-order valence-electron chi connectivity index (χ3n) is 2.94. The molecule has 18 heavy (non-hydrogen) atoms. The Morgan fingerprint density at radius 3 is 2.44 bits per heavy atom. The fourth-order valence-electron chi connectivity index (χ4n) is 1.75. The standard InChI is InChI=1S/C15H31O2P/c1-4-7-10-13-15(12-9-6-3)17-18-16-14-11-8-5-2/h4,15,18H,1,5-14H2,2-3H3. The molecular formula is C15H31O2P. The Hall–Kier alpha value is 0.0900. The summed E-state index contributed by atoms with van der Waals surface area (Å²) in [7, 11) is 0.221. The zero-order valence-electron chi connectivity index (χ0n) is 12.2. The van der Waals surface area contributed by atoms with Crippen LogP contribution in [0.15, 0.2) is 12.7 Å². The lowest BCUT2D eigenvalue weighted by Gasteiger charge is -2.16. The summed E-state index contributed by atoms with van der Waals surface area (Å²) in [4.78, 5) is 0. The summed E-state index contributed by atoms with van der Waals surface area (Å²) in [5.74, 6) is 0. The Balaban J connectivity index is 3.54. The van der Waals surface area contributed by atoms with Crippen LogP contribution in [0.1, 0.15) is 71.6 Å². The van der Waals surface area contributed by atoms with Crippen LogP contribution in [0.5, 0.6) is 0 Å². The van der Waals surface area contributed by atoms with E-state index in [1.54, 1.807) is 0 Å². The zero-order chi connectivity index (χ0) is 13.5. The van der Waals surface area contributed by atoms with Gasteiger partial charge in [-0.25, -0.2) is 0 Å². The van der Waals surface area contributed by atoms with Crippen molar-refractivity contribution < 1.29 is 9.05 Å². The van der Waals surface area contributed by atoms with E-state index >= 15 is 0 Å². The second-order valence-electron chi connectivity index (χ2n) is 4.74. The van der Waals surface area contributed by atoms with E-state index in [9.17, 15) is 0 Å². The molecule has 0 heterocycles. The van der Waals surface area contributed by atoms with Crippen LogP contribution in [0.3, 0.4) is 0 Å². The Morgan fingerprint density at radius 2 is 1.78 bits per heavy atom. The van der Waals surface area contributed by atoms with Gasteiger partial charge in [-0.1, -0.05) is 45.6 Å². The van der Waals surface area contributed by atoms with Crippen molar-refractivity contribution >= 4 is 9.03 Å². The van der Waals surface area contributed by atoms with Gasteiger partial charge in [-0.05, 0) is 32.1 Å². The first-order valence-electron chi connectivity index (χ1n) is 7.48. The highest BCUT2D eigenvalue weighted by atomic mass is 31.1. The molecule has 2 atom stereocenters. The van der Waals surface area contributed by atoms with E-state index in [-0.39, 0.29) is 9.03 Å². The van der Waals surface area contributed by atoms with Crippen molar-refractivity contribution in [2.24, 2.45) is 0 Å². The summed E-state index contributed by atoms with van der Waals surface area (Å²) in [5, 5.41) is 0. The van der Waals surface area contributed by atoms with Crippen LogP contribution < -0.4 is 0 Å². The summed E-state index contributed by atoms with van der Waals surface area (Å²) < 4.78 is 11.4. The minimum absolute atomic E-state index is 0.221. The molecular weight excluding hydrogens is 243 g/mol. The summed E-state index contributed by atoms with van der Waals surface area (Å²) in [6, 6.07) is 0. The SMILES string of the molecule is C=CCCCC(CCCC)OPOCCCCC. The molecule has 0 saturated carbocycles. The fraction of sp³-hybridized carbons (Fsp3) is 0.867. The lowest BCUT2D eigenvalue weighted by molar-refractivity contribution is 0.168. The first-order chi connectivity index (χ1) is 8.85. The van der Waals surface area contributed by atoms with Crippen LogP contribution in [0.2, 0.25) is 0 Å². The molecule has 0 aromatic carbocycles. The normalized spacial score (nSPS) is 13.2. The van der Waals surface area contributed by atoms with Gasteiger partial charge < -0.3 is 9.05 Å². The van der Waals surface area contributed by atoms with Crippen LogP contribution in [0, 0.1) is 0 Å². The van der Waals surface area contributed by atoms with E-state index in [1.807, 2.05) is 6.08 Å². The molecule has 0 N–H and O–H groups in total. The van der Waals surface area contributed by atoms with Crippen LogP contribution in [-0.4, -0.2) is 12.7 Å². The van der Waals surface area contributed by atoms with Crippen LogP contribution in [0.4, 0.5) is 0 Å². The molecule has 0 rings (SSSR count). The maximum Gasteiger partial charge on any atom is 0.155 e. The topological polar surface area (TPSA) is 18.5 Å². The Labute approximate surface area is 115 Å². The summed E-state index contributed by atoms with van der Waals surface area (Å²) in [6.45, 7) is 9.04. The molecule has 0 spiro atoms. The van der Waals surface area contributed by atoms with Crippen molar-refractivity contribution in [1.82, 2.24) is 0 Å². The number of rotatable bonds is 14. The monoisotopic (exact) mass is 274 g/mol. The van der Waals surface area contributed by atoms with Gasteiger partial charge in [0, 0.05) is 0 Å². The average molecular weight is 274 g/mol. The van der Waals surface area contributed by atoms with Crippen LogP contribution in [-0.2, 0) is 9.05 Å². The molecule has 3 heteroatoms. The second-order valence-corrected chi connectivity index (χ2v) is 5.43. The minimum atomic E-state index is 0.221. The van der Waals surface area contributed by atoms with Crippen molar-refractivity contribution in [2.75, 3.05) is 6.61 Å². The highest BCUT2D eigenvalue weighted by Gasteiger charge is 2.08. The number of allylic oxidation sites excluding steroid dienone is 1. The third kappa shape index (κ3) is 12.5. The Bertz CT molecular complexity index is 174. The summed E-state index contributed by atoms with van der Waals surface area (Å²) in [6.07, 6.45) is 13.1. The molecule has 2 nitrogen and oxygen atoms in total. The first kappa shape index (κ1) is 18.1. The molecule has 0 aliphatic carbocycles. The second kappa shape index (κ2) is 15.1. The van der Waals surface area contributed by atoms with Crippen LogP contribution >= 0.6 is 9.03 Å². The maximum absolute atomic E-state index is 5.84. The predicted octanol–water partition coefficient (Wildman–Crippen LogP) is 5.63. The maximum atomic E-state index is 5.84. The van der Waals surface area contributed by atoms with Gasteiger partial charge in [0.15, 0.2) is 9.03 Å². The number of hydrogen-bond acceptors (Lipinski definition) is 2. The van der Waals surface area contributed by atoms with E-state index in [4.69, 9.17) is 9.05 Å². The van der Waals surface area contributed by atoms with Crippen LogP contribution in [0.25, 0.3) is 0 Å². The minimum Gasteiger partial charge on any atom is -0.336 e. The number of unbranched alkanes of at least 4 members (excludes halogenated alkanes) is 4. The van der Waals surface area contributed by atoms with Gasteiger partial charge in [0.1, 0.15) is 0 Å². The molecule has 0 radical (unpaired) electrons. The molecule has 2 unspecified atom stereocenters. The van der Waals surface area contributed by atoms with Crippen molar-refractivity contribution in [3.05, 3.63) is 12.7 Å². The van der Waals surface area contributed by atoms with Gasteiger partial charge in [0.25, 0.3) is 0 Å². The molecule has 0 aromatic heterocycles. The van der Waals surface area contributed by atoms with Gasteiger partial charge in [-0.3, -0.25) is 0 Å². The summed E-state index contributed by atoms with van der Waals surface area (Å²) >= 11 is 0. The molecule has 0 aliphatic rings. The van der Waals surface area contributed by atoms with E-state index in [2.05, 4.69) is 20.4 Å². The molecule has 0 amide bonds.